The van der Waals surface area contributed by atoms with Crippen molar-refractivity contribution in [1.82, 2.24) is 14.9 Å². The SMILES string of the molecule is COCCOc1cnccc1-c1[nH]c2c(c1Nc1ccccc1)C(=O)N(C)CC2. The summed E-state index contributed by atoms with van der Waals surface area (Å²) in [5.41, 5.74) is 4.94. The van der Waals surface area contributed by atoms with Crippen molar-refractivity contribution >= 4 is 17.3 Å². The summed E-state index contributed by atoms with van der Waals surface area (Å²) in [5, 5.41) is 3.45. The number of anilines is 2. The molecule has 7 heteroatoms. The lowest BCUT2D eigenvalue weighted by molar-refractivity contribution is 0.0781. The zero-order chi connectivity index (χ0) is 20.2. The molecule has 4 rings (SSSR count). The van der Waals surface area contributed by atoms with Gasteiger partial charge in [-0.05, 0) is 18.2 Å². The largest absolute Gasteiger partial charge is 0.489 e. The number of hydrogen-bond acceptors (Lipinski definition) is 5. The van der Waals surface area contributed by atoms with Gasteiger partial charge in [0.25, 0.3) is 5.91 Å². The number of fused-ring (bicyclic) bond motifs is 1. The molecule has 3 heterocycles. The van der Waals surface area contributed by atoms with Gasteiger partial charge in [-0.15, -0.1) is 0 Å². The highest BCUT2D eigenvalue weighted by Crippen LogP contribution is 2.40. The van der Waals surface area contributed by atoms with Crippen LogP contribution in [0.5, 0.6) is 5.75 Å². The number of likely N-dealkylation sites (N-methyl/N-ethyl adjacent to an activating group) is 1. The van der Waals surface area contributed by atoms with Gasteiger partial charge in [0.15, 0.2) is 0 Å². The third-order valence-corrected chi connectivity index (χ3v) is 4.98. The molecule has 0 radical (unpaired) electrons. The van der Waals surface area contributed by atoms with Crippen LogP contribution in [0.15, 0.2) is 48.8 Å². The number of pyridine rings is 1. The zero-order valence-corrected chi connectivity index (χ0v) is 16.6. The second-order valence-corrected chi connectivity index (χ2v) is 6.91. The van der Waals surface area contributed by atoms with Gasteiger partial charge in [0, 0.05) is 50.3 Å². The van der Waals surface area contributed by atoms with E-state index < -0.39 is 0 Å². The zero-order valence-electron chi connectivity index (χ0n) is 16.6. The Kier molecular flexibility index (Phi) is 5.48. The highest BCUT2D eigenvalue weighted by atomic mass is 16.5. The average Bonchev–Trinajstić information content (AvgIpc) is 3.11. The minimum absolute atomic E-state index is 0.00286. The minimum Gasteiger partial charge on any atom is -0.489 e. The van der Waals surface area contributed by atoms with Crippen molar-refractivity contribution in [2.75, 3.05) is 39.2 Å². The Balaban J connectivity index is 1.82. The number of amides is 1. The summed E-state index contributed by atoms with van der Waals surface area (Å²) in [7, 11) is 3.46. The third-order valence-electron chi connectivity index (χ3n) is 4.98. The topological polar surface area (TPSA) is 79.5 Å². The van der Waals surface area contributed by atoms with E-state index in [9.17, 15) is 4.79 Å². The van der Waals surface area contributed by atoms with Crippen LogP contribution in [-0.4, -0.2) is 54.7 Å². The van der Waals surface area contributed by atoms with Crippen molar-refractivity contribution in [3.63, 3.8) is 0 Å². The fourth-order valence-corrected chi connectivity index (χ4v) is 3.48. The second kappa shape index (κ2) is 8.36. The number of aromatic nitrogens is 2. The first-order valence-corrected chi connectivity index (χ1v) is 9.57. The molecule has 1 aromatic carbocycles. The molecule has 0 atom stereocenters. The van der Waals surface area contributed by atoms with Crippen LogP contribution >= 0.6 is 0 Å². The maximum atomic E-state index is 13.0. The quantitative estimate of drug-likeness (QED) is 0.602. The molecule has 2 N–H and O–H groups in total. The van der Waals surface area contributed by atoms with E-state index in [1.807, 2.05) is 43.4 Å². The Bertz CT molecular complexity index is 1000. The lowest BCUT2D eigenvalue weighted by Crippen LogP contribution is -2.34. The molecule has 1 aliphatic heterocycles. The van der Waals surface area contributed by atoms with Crippen molar-refractivity contribution in [3.05, 3.63) is 60.0 Å². The molecule has 1 aliphatic rings. The summed E-state index contributed by atoms with van der Waals surface area (Å²) in [5.74, 6) is 0.642. The van der Waals surface area contributed by atoms with Crippen molar-refractivity contribution < 1.29 is 14.3 Å². The van der Waals surface area contributed by atoms with E-state index in [0.29, 0.717) is 31.1 Å². The summed E-state index contributed by atoms with van der Waals surface area (Å²) in [6.45, 7) is 1.58. The molecular formula is C22H24N4O3. The van der Waals surface area contributed by atoms with Crippen LogP contribution < -0.4 is 10.1 Å². The first kappa shape index (κ1) is 19.0. The van der Waals surface area contributed by atoms with Crippen LogP contribution in [0.3, 0.4) is 0 Å². The Morgan fingerprint density at radius 2 is 2.03 bits per heavy atom. The lowest BCUT2D eigenvalue weighted by atomic mass is 10.0. The van der Waals surface area contributed by atoms with Crippen LogP contribution in [0, 0.1) is 0 Å². The normalized spacial score (nSPS) is 13.3. The van der Waals surface area contributed by atoms with E-state index in [0.717, 1.165) is 34.7 Å². The Morgan fingerprint density at radius 1 is 1.21 bits per heavy atom. The molecule has 7 nitrogen and oxygen atoms in total. The monoisotopic (exact) mass is 392 g/mol. The third kappa shape index (κ3) is 3.82. The molecule has 2 aromatic heterocycles. The molecular weight excluding hydrogens is 368 g/mol. The van der Waals surface area contributed by atoms with E-state index in [4.69, 9.17) is 9.47 Å². The Hall–Kier alpha value is -3.32. The number of para-hydroxylation sites is 1. The van der Waals surface area contributed by atoms with E-state index >= 15 is 0 Å². The molecule has 3 aromatic rings. The maximum Gasteiger partial charge on any atom is 0.257 e. The maximum absolute atomic E-state index is 13.0. The molecule has 150 valence electrons. The number of hydrogen-bond donors (Lipinski definition) is 2. The standard InChI is InChI=1S/C22H24N4O3/c1-26-11-9-17-19(22(26)27)21(24-15-6-4-3-5-7-15)20(25-17)16-8-10-23-14-18(16)29-13-12-28-2/h3-8,10,14,24-25H,9,11-13H2,1-2H3. The van der Waals surface area contributed by atoms with E-state index in [2.05, 4.69) is 15.3 Å². The van der Waals surface area contributed by atoms with Crippen LogP contribution in [0.2, 0.25) is 0 Å². The Morgan fingerprint density at radius 3 is 2.83 bits per heavy atom. The molecule has 29 heavy (non-hydrogen) atoms. The number of H-pyrrole nitrogens is 1. The highest BCUT2D eigenvalue weighted by Gasteiger charge is 2.30. The van der Waals surface area contributed by atoms with Gasteiger partial charge < -0.3 is 24.7 Å². The van der Waals surface area contributed by atoms with Gasteiger partial charge in [0.2, 0.25) is 0 Å². The molecule has 0 fully saturated rings. The molecule has 0 aliphatic carbocycles. The number of methoxy groups -OCH3 is 1. The van der Waals surface area contributed by atoms with Crippen LogP contribution in [0.4, 0.5) is 11.4 Å². The van der Waals surface area contributed by atoms with Crippen molar-refractivity contribution in [2.45, 2.75) is 6.42 Å². The summed E-state index contributed by atoms with van der Waals surface area (Å²) < 4.78 is 11.0. The number of aromatic amines is 1. The van der Waals surface area contributed by atoms with Crippen molar-refractivity contribution in [2.24, 2.45) is 0 Å². The van der Waals surface area contributed by atoms with Crippen LogP contribution in [0.25, 0.3) is 11.3 Å². The molecule has 0 saturated carbocycles. The van der Waals surface area contributed by atoms with E-state index in [1.54, 1.807) is 24.4 Å². The van der Waals surface area contributed by atoms with Gasteiger partial charge in [0.1, 0.15) is 12.4 Å². The van der Waals surface area contributed by atoms with E-state index in [1.165, 1.54) is 0 Å². The first-order chi connectivity index (χ1) is 14.2. The average molecular weight is 392 g/mol. The van der Waals surface area contributed by atoms with Gasteiger partial charge in [-0.25, -0.2) is 0 Å². The molecule has 0 saturated heterocycles. The number of benzene rings is 1. The molecule has 0 bridgehead atoms. The van der Waals surface area contributed by atoms with Gasteiger partial charge in [-0.1, -0.05) is 18.2 Å². The molecule has 0 unspecified atom stereocenters. The predicted molar refractivity (Wildman–Crippen MR) is 112 cm³/mol. The fourth-order valence-electron chi connectivity index (χ4n) is 3.48. The van der Waals surface area contributed by atoms with Crippen molar-refractivity contribution in [1.29, 1.82) is 0 Å². The first-order valence-electron chi connectivity index (χ1n) is 9.57. The number of carbonyl (C=O) groups excluding carboxylic acids is 1. The van der Waals surface area contributed by atoms with Gasteiger partial charge in [-0.3, -0.25) is 9.78 Å². The van der Waals surface area contributed by atoms with Gasteiger partial charge in [0.05, 0.1) is 29.7 Å². The van der Waals surface area contributed by atoms with Crippen LogP contribution in [-0.2, 0) is 11.2 Å². The van der Waals surface area contributed by atoms with Gasteiger partial charge >= 0.3 is 0 Å². The van der Waals surface area contributed by atoms with Gasteiger partial charge in [-0.2, -0.15) is 0 Å². The summed E-state index contributed by atoms with van der Waals surface area (Å²) in [6, 6.07) is 11.7. The van der Waals surface area contributed by atoms with Crippen molar-refractivity contribution in [3.8, 4) is 17.0 Å². The number of rotatable bonds is 7. The predicted octanol–water partition coefficient (Wildman–Crippen LogP) is 3.47. The number of carbonyl (C=O) groups is 1. The number of nitrogens with zero attached hydrogens (tertiary/aromatic N) is 2. The highest BCUT2D eigenvalue weighted by molar-refractivity contribution is 6.06. The Labute approximate surface area is 169 Å². The summed E-state index contributed by atoms with van der Waals surface area (Å²) >= 11 is 0. The number of ether oxygens (including phenoxy) is 2. The molecule has 0 spiro atoms. The smallest absolute Gasteiger partial charge is 0.257 e. The van der Waals surface area contributed by atoms with Crippen LogP contribution in [0.1, 0.15) is 16.1 Å². The second-order valence-electron chi connectivity index (χ2n) is 6.91. The van der Waals surface area contributed by atoms with E-state index in [-0.39, 0.29) is 5.91 Å². The lowest BCUT2D eigenvalue weighted by Gasteiger charge is -2.23. The summed E-state index contributed by atoms with van der Waals surface area (Å²) in [4.78, 5) is 22.4. The fraction of sp³-hybridized carbons (Fsp3) is 0.273. The molecule has 1 amide bonds. The summed E-state index contributed by atoms with van der Waals surface area (Å²) in [6.07, 6.45) is 4.18. The minimum atomic E-state index is 0.00286. The number of nitrogens with one attached hydrogen (secondary N) is 2.